The number of aromatic amines is 1. The summed E-state index contributed by atoms with van der Waals surface area (Å²) in [5.74, 6) is 0.490. The Hall–Kier alpha value is -2.71. The largest absolute Gasteiger partial charge is 0.361 e. The summed E-state index contributed by atoms with van der Waals surface area (Å²) in [6.07, 6.45) is 7.88. The van der Waals surface area contributed by atoms with Crippen LogP contribution in [0.4, 0.5) is 5.82 Å². The number of H-pyrrole nitrogens is 1. The van der Waals surface area contributed by atoms with Crippen LogP contribution in [0.2, 0.25) is 0 Å². The maximum absolute atomic E-state index is 12.6. The Labute approximate surface area is 158 Å². The maximum atomic E-state index is 12.6. The van der Waals surface area contributed by atoms with Gasteiger partial charge >= 0.3 is 0 Å². The molecule has 0 spiro atoms. The topological polar surface area (TPSA) is 90.4 Å². The molecule has 7 nitrogen and oxygen atoms in total. The molecule has 1 saturated heterocycles. The summed E-state index contributed by atoms with van der Waals surface area (Å²) < 4.78 is 26.8. The molecule has 2 N–H and O–H groups in total. The zero-order chi connectivity index (χ0) is 18.7. The number of piperidine rings is 1. The Morgan fingerprint density at radius 2 is 1.93 bits per heavy atom. The average Bonchev–Trinajstić information content (AvgIpc) is 3.12. The molecule has 0 saturated carbocycles. The van der Waals surface area contributed by atoms with E-state index in [0.29, 0.717) is 18.9 Å². The maximum Gasteiger partial charge on any atom is 0.244 e. The summed E-state index contributed by atoms with van der Waals surface area (Å²) in [4.78, 5) is 7.59. The highest BCUT2D eigenvalue weighted by Crippen LogP contribution is 2.21. The standard InChI is InChI=1S/C19H21N5O2S/c25-27(26,24-10-4-1-5-11-24)16-8-9-19(21-14-16)23-22-13-15-12-20-18-7-3-2-6-17(15)18/h2-3,6-9,12-14,20H,1,4-5,10-11H2,(H,21,23)/b22-13+. The second-order valence-corrected chi connectivity index (χ2v) is 8.44. The number of nitrogens with zero attached hydrogens (tertiary/aromatic N) is 3. The highest BCUT2D eigenvalue weighted by atomic mass is 32.2. The highest BCUT2D eigenvalue weighted by Gasteiger charge is 2.26. The number of hydrogen-bond acceptors (Lipinski definition) is 5. The molecule has 4 rings (SSSR count). The van der Waals surface area contributed by atoms with E-state index in [4.69, 9.17) is 0 Å². The van der Waals surface area contributed by atoms with Crippen LogP contribution in [0.3, 0.4) is 0 Å². The van der Waals surface area contributed by atoms with Crippen LogP contribution in [0.15, 0.2) is 58.8 Å². The number of sulfonamides is 1. The SMILES string of the molecule is O=S(=O)(c1ccc(N/N=C/c2c[nH]c3ccccc23)nc1)N1CCCCC1. The molecule has 0 unspecified atom stereocenters. The highest BCUT2D eigenvalue weighted by molar-refractivity contribution is 7.89. The van der Waals surface area contributed by atoms with Gasteiger partial charge in [-0.15, -0.1) is 0 Å². The molecule has 3 aromatic rings. The number of hydrazone groups is 1. The summed E-state index contributed by atoms with van der Waals surface area (Å²) in [7, 11) is -3.46. The van der Waals surface area contributed by atoms with Gasteiger partial charge in [-0.05, 0) is 31.0 Å². The number of benzene rings is 1. The first-order valence-electron chi connectivity index (χ1n) is 8.96. The first kappa shape index (κ1) is 17.7. The van der Waals surface area contributed by atoms with Gasteiger partial charge < -0.3 is 4.98 Å². The molecule has 0 aliphatic carbocycles. The van der Waals surface area contributed by atoms with E-state index in [1.54, 1.807) is 18.3 Å². The summed E-state index contributed by atoms with van der Waals surface area (Å²) in [6.45, 7) is 1.16. The molecular weight excluding hydrogens is 362 g/mol. The molecule has 27 heavy (non-hydrogen) atoms. The monoisotopic (exact) mass is 383 g/mol. The van der Waals surface area contributed by atoms with Crippen molar-refractivity contribution in [2.75, 3.05) is 18.5 Å². The van der Waals surface area contributed by atoms with Crippen molar-refractivity contribution in [1.29, 1.82) is 0 Å². The Kier molecular flexibility index (Phi) is 4.91. The van der Waals surface area contributed by atoms with E-state index >= 15 is 0 Å². The van der Waals surface area contributed by atoms with Crippen molar-refractivity contribution in [3.8, 4) is 0 Å². The van der Waals surface area contributed by atoms with Gasteiger partial charge in [-0.25, -0.2) is 13.4 Å². The third-order valence-electron chi connectivity index (χ3n) is 4.69. The number of anilines is 1. The van der Waals surface area contributed by atoms with Crippen molar-refractivity contribution < 1.29 is 8.42 Å². The first-order chi connectivity index (χ1) is 13.1. The lowest BCUT2D eigenvalue weighted by molar-refractivity contribution is 0.346. The van der Waals surface area contributed by atoms with Crippen molar-refractivity contribution in [2.24, 2.45) is 5.10 Å². The Balaban J connectivity index is 1.45. The lowest BCUT2D eigenvalue weighted by atomic mass is 10.2. The predicted molar refractivity (Wildman–Crippen MR) is 106 cm³/mol. The number of nitrogens with one attached hydrogen (secondary N) is 2. The van der Waals surface area contributed by atoms with E-state index in [2.05, 4.69) is 20.5 Å². The van der Waals surface area contributed by atoms with Crippen molar-refractivity contribution in [3.63, 3.8) is 0 Å². The smallest absolute Gasteiger partial charge is 0.244 e. The van der Waals surface area contributed by atoms with Gasteiger partial charge in [-0.2, -0.15) is 9.41 Å². The summed E-state index contributed by atoms with van der Waals surface area (Å²) in [5, 5.41) is 5.28. The minimum absolute atomic E-state index is 0.218. The van der Waals surface area contributed by atoms with Crippen LogP contribution in [0, 0.1) is 0 Å². The molecule has 0 atom stereocenters. The normalized spacial score (nSPS) is 16.1. The van der Waals surface area contributed by atoms with Crippen LogP contribution in [-0.4, -0.2) is 42.0 Å². The minimum Gasteiger partial charge on any atom is -0.361 e. The fraction of sp³-hybridized carbons (Fsp3) is 0.263. The zero-order valence-corrected chi connectivity index (χ0v) is 15.6. The van der Waals surface area contributed by atoms with Crippen LogP contribution in [0.5, 0.6) is 0 Å². The number of rotatable bonds is 5. The van der Waals surface area contributed by atoms with Crippen molar-refractivity contribution >= 4 is 33.0 Å². The number of pyridine rings is 1. The Bertz CT molecular complexity index is 1050. The second-order valence-electron chi connectivity index (χ2n) is 6.50. The summed E-state index contributed by atoms with van der Waals surface area (Å²) >= 11 is 0. The molecule has 0 bridgehead atoms. The molecule has 140 valence electrons. The lowest BCUT2D eigenvalue weighted by Crippen LogP contribution is -2.35. The van der Waals surface area contributed by atoms with E-state index in [-0.39, 0.29) is 4.90 Å². The molecule has 2 aromatic heterocycles. The number of aromatic nitrogens is 2. The summed E-state index contributed by atoms with van der Waals surface area (Å²) in [5.41, 5.74) is 4.85. The molecule has 0 radical (unpaired) electrons. The average molecular weight is 383 g/mol. The van der Waals surface area contributed by atoms with Gasteiger partial charge in [0.25, 0.3) is 0 Å². The molecule has 1 aliphatic heterocycles. The van der Waals surface area contributed by atoms with Gasteiger partial charge in [0.2, 0.25) is 10.0 Å². The molecule has 1 aromatic carbocycles. The van der Waals surface area contributed by atoms with Crippen molar-refractivity contribution in [1.82, 2.24) is 14.3 Å². The first-order valence-corrected chi connectivity index (χ1v) is 10.4. The third-order valence-corrected chi connectivity index (χ3v) is 6.58. The van der Waals surface area contributed by atoms with Crippen LogP contribution >= 0.6 is 0 Å². The van der Waals surface area contributed by atoms with E-state index in [1.807, 2.05) is 30.5 Å². The zero-order valence-electron chi connectivity index (χ0n) is 14.8. The fourth-order valence-electron chi connectivity index (χ4n) is 3.22. The second kappa shape index (κ2) is 7.50. The Morgan fingerprint density at radius 1 is 1.11 bits per heavy atom. The molecule has 1 fully saturated rings. The molecule has 0 amide bonds. The van der Waals surface area contributed by atoms with Crippen LogP contribution in [0.25, 0.3) is 10.9 Å². The number of fused-ring (bicyclic) bond motifs is 1. The van der Waals surface area contributed by atoms with Gasteiger partial charge in [0.1, 0.15) is 10.7 Å². The van der Waals surface area contributed by atoms with Crippen LogP contribution < -0.4 is 5.43 Å². The van der Waals surface area contributed by atoms with E-state index in [1.165, 1.54) is 10.5 Å². The molecule has 1 aliphatic rings. The Morgan fingerprint density at radius 3 is 2.70 bits per heavy atom. The molecule has 3 heterocycles. The van der Waals surface area contributed by atoms with Gasteiger partial charge in [0.15, 0.2) is 0 Å². The quantitative estimate of drug-likeness (QED) is 0.523. The number of para-hydroxylation sites is 1. The molecule has 8 heteroatoms. The minimum atomic E-state index is -3.46. The number of hydrogen-bond donors (Lipinski definition) is 2. The van der Waals surface area contributed by atoms with E-state index < -0.39 is 10.0 Å². The van der Waals surface area contributed by atoms with E-state index in [0.717, 1.165) is 35.7 Å². The fourth-order valence-corrected chi connectivity index (χ4v) is 4.69. The summed E-state index contributed by atoms with van der Waals surface area (Å²) in [6, 6.07) is 11.2. The lowest BCUT2D eigenvalue weighted by Gasteiger charge is -2.25. The van der Waals surface area contributed by atoms with Gasteiger partial charge in [0, 0.05) is 41.9 Å². The van der Waals surface area contributed by atoms with Gasteiger partial charge in [0.05, 0.1) is 6.21 Å². The van der Waals surface area contributed by atoms with Crippen LogP contribution in [0.1, 0.15) is 24.8 Å². The van der Waals surface area contributed by atoms with E-state index in [9.17, 15) is 8.42 Å². The van der Waals surface area contributed by atoms with Gasteiger partial charge in [-0.3, -0.25) is 5.43 Å². The van der Waals surface area contributed by atoms with Crippen molar-refractivity contribution in [3.05, 3.63) is 54.4 Å². The van der Waals surface area contributed by atoms with Gasteiger partial charge in [-0.1, -0.05) is 24.6 Å². The molecular formula is C19H21N5O2S. The van der Waals surface area contributed by atoms with Crippen molar-refractivity contribution in [2.45, 2.75) is 24.2 Å². The van der Waals surface area contributed by atoms with Crippen LogP contribution in [-0.2, 0) is 10.0 Å². The third kappa shape index (κ3) is 3.72. The predicted octanol–water partition coefficient (Wildman–Crippen LogP) is 3.18.